The lowest BCUT2D eigenvalue weighted by molar-refractivity contribution is 0.371. The lowest BCUT2D eigenvalue weighted by Gasteiger charge is -2.27. The average molecular weight is 207 g/mol. The number of aromatic nitrogens is 1. The predicted molar refractivity (Wildman–Crippen MR) is 63.3 cm³/mol. The van der Waals surface area contributed by atoms with Crippen molar-refractivity contribution in [1.82, 2.24) is 4.98 Å². The summed E-state index contributed by atoms with van der Waals surface area (Å²) in [5.41, 5.74) is 1.33. The molecule has 0 aliphatic rings. The van der Waals surface area contributed by atoms with Gasteiger partial charge in [-0.2, -0.15) is 0 Å². The van der Waals surface area contributed by atoms with E-state index in [1.54, 1.807) is 7.11 Å². The molecule has 0 aliphatic heterocycles. The molecule has 1 rings (SSSR count). The van der Waals surface area contributed by atoms with Gasteiger partial charge < -0.3 is 4.74 Å². The summed E-state index contributed by atoms with van der Waals surface area (Å²) in [5.74, 6) is 0.711. The van der Waals surface area contributed by atoms with Gasteiger partial charge in [-0.1, -0.05) is 33.3 Å². The zero-order valence-corrected chi connectivity index (χ0v) is 10.2. The summed E-state index contributed by atoms with van der Waals surface area (Å²) in [4.78, 5) is 4.53. The van der Waals surface area contributed by atoms with Crippen LogP contribution >= 0.6 is 0 Å². The van der Waals surface area contributed by atoms with Crippen molar-refractivity contribution in [2.24, 2.45) is 0 Å². The minimum Gasteiger partial charge on any atom is -0.481 e. The minimum absolute atomic E-state index is 0.184. The van der Waals surface area contributed by atoms with E-state index in [-0.39, 0.29) is 5.41 Å². The molecule has 0 aromatic carbocycles. The topological polar surface area (TPSA) is 22.1 Å². The molecular formula is C13H21NO. The van der Waals surface area contributed by atoms with Gasteiger partial charge in [-0.05, 0) is 18.9 Å². The Morgan fingerprint density at radius 1 is 1.33 bits per heavy atom. The molecule has 2 nitrogen and oxygen atoms in total. The summed E-state index contributed by atoms with van der Waals surface area (Å²) in [5, 5.41) is 0. The first-order valence-corrected chi connectivity index (χ1v) is 5.67. The van der Waals surface area contributed by atoms with Crippen LogP contribution in [0.1, 0.15) is 45.7 Å². The van der Waals surface area contributed by atoms with Crippen LogP contribution in [0.2, 0.25) is 0 Å². The Hall–Kier alpha value is -1.05. The normalized spacial score (nSPS) is 14.7. The predicted octanol–water partition coefficient (Wildman–Crippen LogP) is 3.56. The zero-order valence-electron chi connectivity index (χ0n) is 10.2. The molecule has 0 spiro atoms. The van der Waals surface area contributed by atoms with Gasteiger partial charge in [0.15, 0.2) is 0 Å². The van der Waals surface area contributed by atoms with Crippen molar-refractivity contribution in [3.05, 3.63) is 23.9 Å². The number of hydrogen-bond acceptors (Lipinski definition) is 2. The second-order valence-corrected chi connectivity index (χ2v) is 4.23. The molecule has 1 unspecified atom stereocenters. The van der Waals surface area contributed by atoms with E-state index < -0.39 is 0 Å². The van der Waals surface area contributed by atoms with Crippen LogP contribution in [0, 0.1) is 0 Å². The van der Waals surface area contributed by atoms with Crippen molar-refractivity contribution in [3.63, 3.8) is 0 Å². The van der Waals surface area contributed by atoms with Crippen LogP contribution in [0.25, 0.3) is 0 Å². The van der Waals surface area contributed by atoms with Gasteiger partial charge in [-0.25, -0.2) is 4.98 Å². The summed E-state index contributed by atoms with van der Waals surface area (Å²) in [6, 6.07) is 6.01. The molecule has 1 atom stereocenters. The highest BCUT2D eigenvalue weighted by Crippen LogP contribution is 2.31. The van der Waals surface area contributed by atoms with Crippen molar-refractivity contribution in [2.45, 2.75) is 45.4 Å². The molecule has 0 saturated heterocycles. The molecule has 0 bridgehead atoms. The molecule has 1 heterocycles. The molecule has 0 radical (unpaired) electrons. The Balaban J connectivity index is 3.00. The van der Waals surface area contributed by atoms with Crippen molar-refractivity contribution in [1.29, 1.82) is 0 Å². The molecule has 84 valence electrons. The van der Waals surface area contributed by atoms with Gasteiger partial charge >= 0.3 is 0 Å². The molecular weight excluding hydrogens is 186 g/mol. The third-order valence-corrected chi connectivity index (χ3v) is 3.13. The largest absolute Gasteiger partial charge is 0.481 e. The second-order valence-electron chi connectivity index (χ2n) is 4.23. The first kappa shape index (κ1) is 12.0. The van der Waals surface area contributed by atoms with Crippen molar-refractivity contribution >= 4 is 0 Å². The van der Waals surface area contributed by atoms with Crippen LogP contribution in [0.3, 0.4) is 0 Å². The molecule has 0 amide bonds. The highest BCUT2D eigenvalue weighted by molar-refractivity contribution is 5.22. The molecule has 15 heavy (non-hydrogen) atoms. The zero-order chi connectivity index (χ0) is 11.3. The average Bonchev–Trinajstić information content (AvgIpc) is 2.29. The number of ether oxygens (including phenoxy) is 1. The lowest BCUT2D eigenvalue weighted by Crippen LogP contribution is -2.22. The molecule has 2 heteroatoms. The van der Waals surface area contributed by atoms with Gasteiger partial charge in [0.25, 0.3) is 0 Å². The van der Waals surface area contributed by atoms with E-state index in [4.69, 9.17) is 4.74 Å². The number of hydrogen-bond donors (Lipinski definition) is 0. The fraction of sp³-hybridized carbons (Fsp3) is 0.615. The quantitative estimate of drug-likeness (QED) is 0.736. The van der Waals surface area contributed by atoms with E-state index in [0.717, 1.165) is 12.1 Å². The monoisotopic (exact) mass is 207 g/mol. The standard InChI is InChI=1S/C13H21NO/c1-5-10-13(3,6-2)11-8-7-9-12(14-11)15-4/h7-9H,5-6,10H2,1-4H3. The Bertz CT molecular complexity index is 311. The van der Waals surface area contributed by atoms with Crippen LogP contribution < -0.4 is 4.74 Å². The maximum atomic E-state index is 5.16. The first-order chi connectivity index (χ1) is 7.16. The van der Waals surface area contributed by atoms with Gasteiger partial charge in [0.2, 0.25) is 5.88 Å². The Morgan fingerprint density at radius 2 is 2.07 bits per heavy atom. The van der Waals surface area contributed by atoms with E-state index >= 15 is 0 Å². The van der Waals surface area contributed by atoms with E-state index in [9.17, 15) is 0 Å². The summed E-state index contributed by atoms with van der Waals surface area (Å²) in [6.45, 7) is 6.71. The number of methoxy groups -OCH3 is 1. The summed E-state index contributed by atoms with van der Waals surface area (Å²) in [6.07, 6.45) is 3.47. The minimum atomic E-state index is 0.184. The summed E-state index contributed by atoms with van der Waals surface area (Å²) in [7, 11) is 1.66. The smallest absolute Gasteiger partial charge is 0.213 e. The summed E-state index contributed by atoms with van der Waals surface area (Å²) >= 11 is 0. The van der Waals surface area contributed by atoms with Gasteiger partial charge in [0.1, 0.15) is 0 Å². The van der Waals surface area contributed by atoms with E-state index in [1.807, 2.05) is 12.1 Å². The molecule has 0 saturated carbocycles. The summed E-state index contributed by atoms with van der Waals surface area (Å²) < 4.78 is 5.16. The first-order valence-electron chi connectivity index (χ1n) is 5.67. The number of nitrogens with zero attached hydrogens (tertiary/aromatic N) is 1. The van der Waals surface area contributed by atoms with E-state index in [2.05, 4.69) is 31.8 Å². The van der Waals surface area contributed by atoms with Crippen molar-refractivity contribution < 1.29 is 4.74 Å². The maximum Gasteiger partial charge on any atom is 0.213 e. The van der Waals surface area contributed by atoms with Crippen LogP contribution in [0.15, 0.2) is 18.2 Å². The molecule has 1 aromatic heterocycles. The van der Waals surface area contributed by atoms with Gasteiger partial charge in [-0.15, -0.1) is 0 Å². The molecule has 0 fully saturated rings. The highest BCUT2D eigenvalue weighted by Gasteiger charge is 2.25. The second kappa shape index (κ2) is 5.15. The molecule has 1 aromatic rings. The Labute approximate surface area is 92.7 Å². The maximum absolute atomic E-state index is 5.16. The van der Waals surface area contributed by atoms with Gasteiger partial charge in [-0.3, -0.25) is 0 Å². The Morgan fingerprint density at radius 3 is 2.60 bits per heavy atom. The fourth-order valence-corrected chi connectivity index (χ4v) is 1.90. The molecule has 0 aliphatic carbocycles. The van der Waals surface area contributed by atoms with Crippen LogP contribution in [-0.2, 0) is 5.41 Å². The third kappa shape index (κ3) is 2.71. The Kier molecular flexibility index (Phi) is 4.13. The number of rotatable bonds is 5. The van der Waals surface area contributed by atoms with Crippen LogP contribution in [0.4, 0.5) is 0 Å². The van der Waals surface area contributed by atoms with Crippen LogP contribution in [0.5, 0.6) is 5.88 Å². The third-order valence-electron chi connectivity index (χ3n) is 3.13. The fourth-order valence-electron chi connectivity index (χ4n) is 1.90. The van der Waals surface area contributed by atoms with E-state index in [1.165, 1.54) is 12.8 Å². The van der Waals surface area contributed by atoms with Gasteiger partial charge in [0, 0.05) is 11.5 Å². The van der Waals surface area contributed by atoms with Crippen molar-refractivity contribution in [2.75, 3.05) is 7.11 Å². The number of pyridine rings is 1. The SMILES string of the molecule is CCCC(C)(CC)c1cccc(OC)n1. The van der Waals surface area contributed by atoms with Crippen molar-refractivity contribution in [3.8, 4) is 5.88 Å². The highest BCUT2D eigenvalue weighted by atomic mass is 16.5. The lowest BCUT2D eigenvalue weighted by atomic mass is 9.79. The van der Waals surface area contributed by atoms with Crippen LogP contribution in [-0.4, -0.2) is 12.1 Å². The van der Waals surface area contributed by atoms with Gasteiger partial charge in [0.05, 0.1) is 12.8 Å². The molecule has 0 N–H and O–H groups in total. The van der Waals surface area contributed by atoms with E-state index in [0.29, 0.717) is 5.88 Å².